The summed E-state index contributed by atoms with van der Waals surface area (Å²) in [6, 6.07) is 10.9. The minimum Gasteiger partial charge on any atom is -0.484 e. The van der Waals surface area contributed by atoms with Crippen LogP contribution in [-0.2, 0) is 17.8 Å². The van der Waals surface area contributed by atoms with Gasteiger partial charge in [0.1, 0.15) is 11.6 Å². The van der Waals surface area contributed by atoms with Gasteiger partial charge in [0.05, 0.1) is 5.69 Å². The minimum absolute atomic E-state index is 0.151. The molecule has 0 bridgehead atoms. The van der Waals surface area contributed by atoms with Crippen molar-refractivity contribution in [1.29, 1.82) is 0 Å². The molecular weight excluding hydrogens is 295 g/mol. The van der Waals surface area contributed by atoms with E-state index in [-0.39, 0.29) is 24.0 Å². The number of amides is 1. The molecule has 0 aromatic heterocycles. The lowest BCUT2D eigenvalue weighted by Crippen LogP contribution is -2.26. The predicted molar refractivity (Wildman–Crippen MR) is 87.1 cm³/mol. The number of ether oxygens (including phenoxy) is 1. The Morgan fingerprint density at radius 3 is 3.04 bits per heavy atom. The second-order valence-corrected chi connectivity index (χ2v) is 5.64. The fraction of sp³-hybridized carbons (Fsp3) is 0.278. The van der Waals surface area contributed by atoms with Crippen LogP contribution in [0.5, 0.6) is 5.75 Å². The zero-order valence-electron chi connectivity index (χ0n) is 13.0. The molecule has 1 aliphatic heterocycles. The Kier molecular flexibility index (Phi) is 4.57. The second-order valence-electron chi connectivity index (χ2n) is 5.64. The zero-order valence-corrected chi connectivity index (χ0v) is 13.0. The molecule has 5 heteroatoms. The fourth-order valence-corrected chi connectivity index (χ4v) is 2.67. The van der Waals surface area contributed by atoms with E-state index in [1.807, 2.05) is 31.2 Å². The van der Waals surface area contributed by atoms with E-state index in [4.69, 9.17) is 4.74 Å². The standard InChI is InChI=1S/C18H19FN2O2/c1-12-3-2-4-14(9-12)23-11-17(22)21-16-6-5-13-10-20-8-7-15(13)18(16)19/h2-6,9,20H,7-8,10-11H2,1H3,(H,21,22). The summed E-state index contributed by atoms with van der Waals surface area (Å²) in [5.74, 6) is -0.0932. The molecule has 4 nitrogen and oxygen atoms in total. The average Bonchev–Trinajstić information content (AvgIpc) is 2.56. The van der Waals surface area contributed by atoms with Gasteiger partial charge in [-0.25, -0.2) is 4.39 Å². The van der Waals surface area contributed by atoms with Crippen LogP contribution in [0.1, 0.15) is 16.7 Å². The molecule has 0 saturated carbocycles. The van der Waals surface area contributed by atoms with E-state index in [2.05, 4.69) is 10.6 Å². The number of fused-ring (bicyclic) bond motifs is 1. The van der Waals surface area contributed by atoms with Crippen LogP contribution in [0.25, 0.3) is 0 Å². The van der Waals surface area contributed by atoms with Crippen LogP contribution in [0, 0.1) is 12.7 Å². The molecule has 0 aliphatic carbocycles. The highest BCUT2D eigenvalue weighted by atomic mass is 19.1. The highest BCUT2D eigenvalue weighted by Crippen LogP contribution is 2.24. The van der Waals surface area contributed by atoms with Gasteiger partial charge >= 0.3 is 0 Å². The van der Waals surface area contributed by atoms with Crippen molar-refractivity contribution in [3.05, 3.63) is 58.9 Å². The number of carbonyl (C=O) groups is 1. The quantitative estimate of drug-likeness (QED) is 0.912. The van der Waals surface area contributed by atoms with Gasteiger partial charge in [0.25, 0.3) is 5.91 Å². The van der Waals surface area contributed by atoms with Crippen molar-refractivity contribution in [1.82, 2.24) is 5.32 Å². The molecule has 1 aliphatic rings. The normalized spacial score (nSPS) is 13.3. The number of carbonyl (C=O) groups excluding carboxylic acids is 1. The summed E-state index contributed by atoms with van der Waals surface area (Å²) in [5.41, 5.74) is 2.89. The molecule has 23 heavy (non-hydrogen) atoms. The number of hydrogen-bond acceptors (Lipinski definition) is 3. The van der Waals surface area contributed by atoms with E-state index < -0.39 is 0 Å². The van der Waals surface area contributed by atoms with Crippen molar-refractivity contribution in [2.75, 3.05) is 18.5 Å². The second kappa shape index (κ2) is 6.79. The van der Waals surface area contributed by atoms with E-state index in [1.165, 1.54) is 0 Å². The molecule has 2 aromatic carbocycles. The molecule has 1 heterocycles. The summed E-state index contributed by atoms with van der Waals surface area (Å²) in [7, 11) is 0. The third-order valence-electron chi connectivity index (χ3n) is 3.84. The number of rotatable bonds is 4. The van der Waals surface area contributed by atoms with Crippen molar-refractivity contribution >= 4 is 11.6 Å². The zero-order chi connectivity index (χ0) is 16.2. The number of halogens is 1. The summed E-state index contributed by atoms with van der Waals surface area (Å²) in [4.78, 5) is 12.0. The van der Waals surface area contributed by atoms with Crippen LogP contribution in [0.2, 0.25) is 0 Å². The monoisotopic (exact) mass is 314 g/mol. The maximum absolute atomic E-state index is 14.4. The maximum Gasteiger partial charge on any atom is 0.262 e. The molecule has 0 radical (unpaired) electrons. The van der Waals surface area contributed by atoms with Crippen LogP contribution in [0.15, 0.2) is 36.4 Å². The molecule has 1 amide bonds. The molecule has 0 unspecified atom stereocenters. The van der Waals surface area contributed by atoms with Crippen LogP contribution in [0.3, 0.4) is 0 Å². The summed E-state index contributed by atoms with van der Waals surface area (Å²) in [6.45, 7) is 3.21. The van der Waals surface area contributed by atoms with Gasteiger partial charge in [-0.3, -0.25) is 4.79 Å². The number of hydrogen-bond donors (Lipinski definition) is 2. The molecule has 2 aromatic rings. The number of anilines is 1. The Bertz CT molecular complexity index is 731. The van der Waals surface area contributed by atoms with Crippen LogP contribution in [-0.4, -0.2) is 19.1 Å². The average molecular weight is 314 g/mol. The Morgan fingerprint density at radius 1 is 1.35 bits per heavy atom. The number of nitrogens with one attached hydrogen (secondary N) is 2. The lowest BCUT2D eigenvalue weighted by molar-refractivity contribution is -0.118. The lowest BCUT2D eigenvalue weighted by Gasteiger charge is -2.19. The molecule has 3 rings (SSSR count). The molecule has 0 spiro atoms. The van der Waals surface area contributed by atoms with E-state index in [0.29, 0.717) is 24.3 Å². The van der Waals surface area contributed by atoms with Crippen molar-refractivity contribution < 1.29 is 13.9 Å². The first-order valence-corrected chi connectivity index (χ1v) is 7.64. The summed E-state index contributed by atoms with van der Waals surface area (Å²) in [5, 5.41) is 5.78. The molecule has 0 fully saturated rings. The van der Waals surface area contributed by atoms with E-state index in [1.54, 1.807) is 12.1 Å². The first-order valence-electron chi connectivity index (χ1n) is 7.64. The van der Waals surface area contributed by atoms with Crippen LogP contribution >= 0.6 is 0 Å². The molecular formula is C18H19FN2O2. The first-order chi connectivity index (χ1) is 11.1. The van der Waals surface area contributed by atoms with Gasteiger partial charge in [-0.1, -0.05) is 18.2 Å². The highest BCUT2D eigenvalue weighted by Gasteiger charge is 2.17. The van der Waals surface area contributed by atoms with Gasteiger partial charge in [0.2, 0.25) is 0 Å². The Hall–Kier alpha value is -2.40. The Morgan fingerprint density at radius 2 is 2.22 bits per heavy atom. The van der Waals surface area contributed by atoms with E-state index in [0.717, 1.165) is 17.7 Å². The number of benzene rings is 2. The van der Waals surface area contributed by atoms with Gasteiger partial charge < -0.3 is 15.4 Å². The van der Waals surface area contributed by atoms with Crippen molar-refractivity contribution in [2.24, 2.45) is 0 Å². The fourth-order valence-electron chi connectivity index (χ4n) is 2.67. The topological polar surface area (TPSA) is 50.4 Å². The Labute approximate surface area is 134 Å². The first kappa shape index (κ1) is 15.5. The summed E-state index contributed by atoms with van der Waals surface area (Å²) in [6.07, 6.45) is 0.630. The van der Waals surface area contributed by atoms with Gasteiger partial charge in [-0.2, -0.15) is 0 Å². The predicted octanol–water partition coefficient (Wildman–Crippen LogP) is 2.80. The lowest BCUT2D eigenvalue weighted by atomic mass is 9.99. The van der Waals surface area contributed by atoms with Gasteiger partial charge in [-0.15, -0.1) is 0 Å². The third-order valence-corrected chi connectivity index (χ3v) is 3.84. The minimum atomic E-state index is -0.376. The Balaban J connectivity index is 1.64. The van der Waals surface area contributed by atoms with Crippen LogP contribution < -0.4 is 15.4 Å². The molecule has 0 atom stereocenters. The van der Waals surface area contributed by atoms with E-state index >= 15 is 0 Å². The smallest absolute Gasteiger partial charge is 0.262 e. The van der Waals surface area contributed by atoms with Crippen LogP contribution in [0.4, 0.5) is 10.1 Å². The molecule has 2 N–H and O–H groups in total. The number of aryl methyl sites for hydroxylation is 1. The largest absolute Gasteiger partial charge is 0.484 e. The van der Waals surface area contributed by atoms with E-state index in [9.17, 15) is 9.18 Å². The highest BCUT2D eigenvalue weighted by molar-refractivity contribution is 5.92. The van der Waals surface area contributed by atoms with Crippen molar-refractivity contribution in [3.8, 4) is 5.75 Å². The maximum atomic E-state index is 14.4. The molecule has 0 saturated heterocycles. The molecule has 120 valence electrons. The van der Waals surface area contributed by atoms with Gasteiger partial charge in [0.15, 0.2) is 6.61 Å². The van der Waals surface area contributed by atoms with Gasteiger partial charge in [0, 0.05) is 6.54 Å². The summed E-state index contributed by atoms with van der Waals surface area (Å²) >= 11 is 0. The van der Waals surface area contributed by atoms with Crippen molar-refractivity contribution in [3.63, 3.8) is 0 Å². The third kappa shape index (κ3) is 3.68. The summed E-state index contributed by atoms with van der Waals surface area (Å²) < 4.78 is 19.9. The SMILES string of the molecule is Cc1cccc(OCC(=O)Nc2ccc3c(c2F)CCNC3)c1. The van der Waals surface area contributed by atoms with Crippen molar-refractivity contribution in [2.45, 2.75) is 19.9 Å². The van der Waals surface area contributed by atoms with Gasteiger partial charge in [-0.05, 0) is 54.8 Å².